The van der Waals surface area contributed by atoms with Crippen molar-refractivity contribution in [2.75, 3.05) is 32.1 Å². The first kappa shape index (κ1) is 20.6. The molecule has 0 aliphatic rings. The molecule has 0 aliphatic heterocycles. The number of aromatic nitrogens is 1. The summed E-state index contributed by atoms with van der Waals surface area (Å²) < 4.78 is 47.5. The van der Waals surface area contributed by atoms with E-state index in [0.29, 0.717) is 33.1 Å². The number of halogens is 4. The van der Waals surface area contributed by atoms with Gasteiger partial charge < -0.3 is 14.1 Å². The smallest absolute Gasteiger partial charge is 0.444 e. The summed E-state index contributed by atoms with van der Waals surface area (Å²) in [7, 11) is 3.73. The molecule has 0 saturated carbocycles. The molecule has 3 rings (SSSR count). The van der Waals surface area contributed by atoms with Gasteiger partial charge in [-0.15, -0.1) is 13.2 Å². The van der Waals surface area contributed by atoms with Crippen molar-refractivity contribution >= 4 is 48.5 Å². The van der Waals surface area contributed by atoms with Gasteiger partial charge in [0.15, 0.2) is 15.6 Å². The molecule has 0 saturated heterocycles. The highest BCUT2D eigenvalue weighted by molar-refractivity contribution is 9.10. The van der Waals surface area contributed by atoms with Crippen molar-refractivity contribution in [3.63, 3.8) is 0 Å². The van der Waals surface area contributed by atoms with Crippen LogP contribution in [0.5, 0.6) is 5.75 Å². The number of ether oxygens (including phenoxy) is 1. The molecule has 0 bridgehead atoms. The first-order chi connectivity index (χ1) is 13.1. The first-order valence-corrected chi connectivity index (χ1v) is 9.61. The molecular weight excluding hydrogens is 463 g/mol. The number of rotatable bonds is 6. The van der Waals surface area contributed by atoms with E-state index in [1.54, 1.807) is 6.07 Å². The van der Waals surface area contributed by atoms with E-state index >= 15 is 0 Å². The van der Waals surface area contributed by atoms with Crippen LogP contribution in [0.2, 0.25) is 0 Å². The van der Waals surface area contributed by atoms with Gasteiger partial charge in [0, 0.05) is 19.2 Å². The van der Waals surface area contributed by atoms with E-state index < -0.39 is 12.3 Å². The zero-order chi connectivity index (χ0) is 20.5. The van der Waals surface area contributed by atoms with Crippen LogP contribution >= 0.6 is 27.3 Å². The Morgan fingerprint density at radius 2 is 2.00 bits per heavy atom. The third-order valence-corrected chi connectivity index (χ3v) is 5.08. The van der Waals surface area contributed by atoms with Gasteiger partial charge in [0.2, 0.25) is 0 Å². The Morgan fingerprint density at radius 3 is 2.61 bits per heavy atom. The number of alkyl halides is 3. The molecule has 2 heterocycles. The number of thiazole rings is 1. The minimum Gasteiger partial charge on any atom is -0.444 e. The number of carbonyl (C=O) groups is 1. The Kier molecular flexibility index (Phi) is 5.96. The monoisotopic (exact) mass is 477 g/mol. The number of anilines is 1. The lowest BCUT2D eigenvalue weighted by Gasteiger charge is -2.20. The van der Waals surface area contributed by atoms with Gasteiger partial charge in [0.25, 0.3) is 5.91 Å². The molecule has 0 spiro atoms. The number of fused-ring (bicyclic) bond motifs is 1. The molecule has 1 aromatic carbocycles. The number of nitrogens with zero attached hydrogens (tertiary/aromatic N) is 3. The quantitative estimate of drug-likeness (QED) is 0.512. The molecule has 1 amide bonds. The average molecular weight is 478 g/mol. The van der Waals surface area contributed by atoms with Crippen LogP contribution in [0.15, 0.2) is 39.4 Å². The molecular formula is C17H15BrF3N3O3S. The maximum atomic E-state index is 12.9. The largest absolute Gasteiger partial charge is 0.573 e. The molecule has 0 aliphatic carbocycles. The number of likely N-dealkylation sites (N-methyl/N-ethyl adjacent to an activating group) is 1. The van der Waals surface area contributed by atoms with Gasteiger partial charge in [-0.05, 0) is 54.3 Å². The highest BCUT2D eigenvalue weighted by atomic mass is 79.9. The van der Waals surface area contributed by atoms with Gasteiger partial charge in [-0.2, -0.15) is 0 Å². The molecule has 0 unspecified atom stereocenters. The summed E-state index contributed by atoms with van der Waals surface area (Å²) in [5.74, 6) is -0.597. The highest BCUT2D eigenvalue weighted by Crippen LogP contribution is 2.34. The van der Waals surface area contributed by atoms with Gasteiger partial charge in [-0.3, -0.25) is 9.69 Å². The van der Waals surface area contributed by atoms with Crippen LogP contribution in [0, 0.1) is 0 Å². The lowest BCUT2D eigenvalue weighted by Crippen LogP contribution is -2.36. The maximum Gasteiger partial charge on any atom is 0.573 e. The summed E-state index contributed by atoms with van der Waals surface area (Å²) in [5, 5.41) is 0.360. The Bertz CT molecular complexity index is 987. The van der Waals surface area contributed by atoms with E-state index in [4.69, 9.17) is 4.42 Å². The van der Waals surface area contributed by atoms with Crippen molar-refractivity contribution in [1.29, 1.82) is 0 Å². The standard InChI is InChI=1S/C17H15BrF3N3O3S/c1-23(2)7-8-24(15(25)12-5-6-14(18)26-12)16-22-11-4-3-10(9-13(11)28-16)27-17(19,20)21/h3-6,9H,7-8H2,1-2H3. The summed E-state index contributed by atoms with van der Waals surface area (Å²) in [5.41, 5.74) is 0.470. The topological polar surface area (TPSA) is 58.8 Å². The summed E-state index contributed by atoms with van der Waals surface area (Å²) in [6.07, 6.45) is -4.78. The zero-order valence-electron chi connectivity index (χ0n) is 14.8. The summed E-state index contributed by atoms with van der Waals surface area (Å²) in [6.45, 7) is 0.891. The Morgan fingerprint density at radius 1 is 1.25 bits per heavy atom. The minimum absolute atomic E-state index is 0.131. The van der Waals surface area contributed by atoms with E-state index in [1.807, 2.05) is 19.0 Å². The summed E-state index contributed by atoms with van der Waals surface area (Å²) >= 11 is 4.27. The van der Waals surface area contributed by atoms with Gasteiger partial charge in [0.05, 0.1) is 10.2 Å². The molecule has 28 heavy (non-hydrogen) atoms. The molecule has 3 aromatic rings. The van der Waals surface area contributed by atoms with Crippen LogP contribution in [0.4, 0.5) is 18.3 Å². The van der Waals surface area contributed by atoms with Crippen molar-refractivity contribution < 1.29 is 27.1 Å². The van der Waals surface area contributed by atoms with E-state index in [0.717, 1.165) is 11.3 Å². The van der Waals surface area contributed by atoms with E-state index in [2.05, 4.69) is 25.7 Å². The predicted octanol–water partition coefficient (Wildman–Crippen LogP) is 4.76. The van der Waals surface area contributed by atoms with Crippen molar-refractivity contribution in [2.24, 2.45) is 0 Å². The Labute approximate surface area is 170 Å². The van der Waals surface area contributed by atoms with Crippen LogP contribution in [-0.2, 0) is 0 Å². The van der Waals surface area contributed by atoms with Crippen molar-refractivity contribution in [2.45, 2.75) is 6.36 Å². The van der Waals surface area contributed by atoms with E-state index in [-0.39, 0.29) is 11.5 Å². The Hall–Kier alpha value is -2.11. The first-order valence-electron chi connectivity index (χ1n) is 8.00. The van der Waals surface area contributed by atoms with Gasteiger partial charge >= 0.3 is 6.36 Å². The van der Waals surface area contributed by atoms with Crippen molar-refractivity contribution in [3.05, 3.63) is 40.8 Å². The van der Waals surface area contributed by atoms with E-state index in [1.165, 1.54) is 29.2 Å². The number of furan rings is 1. The number of hydrogen-bond acceptors (Lipinski definition) is 6. The predicted molar refractivity (Wildman–Crippen MR) is 103 cm³/mol. The van der Waals surface area contributed by atoms with Crippen LogP contribution in [0.1, 0.15) is 10.6 Å². The van der Waals surface area contributed by atoms with Crippen LogP contribution in [0.3, 0.4) is 0 Å². The fourth-order valence-electron chi connectivity index (χ4n) is 2.35. The summed E-state index contributed by atoms with van der Waals surface area (Å²) in [4.78, 5) is 20.6. The van der Waals surface area contributed by atoms with Gasteiger partial charge in [0.1, 0.15) is 5.75 Å². The minimum atomic E-state index is -4.78. The van der Waals surface area contributed by atoms with Gasteiger partial charge in [-0.1, -0.05) is 11.3 Å². The number of carbonyl (C=O) groups excluding carboxylic acids is 1. The number of hydrogen-bond donors (Lipinski definition) is 0. The molecule has 6 nitrogen and oxygen atoms in total. The third-order valence-electron chi connectivity index (χ3n) is 3.61. The third kappa shape index (κ3) is 5.03. The lowest BCUT2D eigenvalue weighted by atomic mass is 10.3. The molecule has 11 heteroatoms. The number of amides is 1. The highest BCUT2D eigenvalue weighted by Gasteiger charge is 2.31. The average Bonchev–Trinajstić information content (AvgIpc) is 3.18. The van der Waals surface area contributed by atoms with Crippen molar-refractivity contribution in [3.8, 4) is 5.75 Å². The second-order valence-electron chi connectivity index (χ2n) is 6.04. The van der Waals surface area contributed by atoms with Crippen LogP contribution in [0.25, 0.3) is 10.2 Å². The molecule has 0 fully saturated rings. The van der Waals surface area contributed by atoms with Gasteiger partial charge in [-0.25, -0.2) is 4.98 Å². The second-order valence-corrected chi connectivity index (χ2v) is 7.83. The fraction of sp³-hybridized carbons (Fsp3) is 0.294. The lowest BCUT2D eigenvalue weighted by molar-refractivity contribution is -0.274. The van der Waals surface area contributed by atoms with Crippen molar-refractivity contribution in [1.82, 2.24) is 9.88 Å². The van der Waals surface area contributed by atoms with Crippen LogP contribution in [-0.4, -0.2) is 49.3 Å². The second kappa shape index (κ2) is 8.10. The van der Waals surface area contributed by atoms with Crippen LogP contribution < -0.4 is 9.64 Å². The fourth-order valence-corrected chi connectivity index (χ4v) is 3.68. The Balaban J connectivity index is 1.94. The normalized spacial score (nSPS) is 12.0. The SMILES string of the molecule is CN(C)CCN(C(=O)c1ccc(Br)o1)c1nc2ccc(OC(F)(F)F)cc2s1. The molecule has 0 atom stereocenters. The molecule has 150 valence electrons. The maximum absolute atomic E-state index is 12.9. The number of benzene rings is 1. The molecule has 2 aromatic heterocycles. The molecule has 0 N–H and O–H groups in total. The summed E-state index contributed by atoms with van der Waals surface area (Å²) in [6, 6.07) is 7.01. The zero-order valence-corrected chi connectivity index (χ0v) is 17.2. The molecule has 0 radical (unpaired) electrons. The van der Waals surface area contributed by atoms with E-state index in [9.17, 15) is 18.0 Å².